The summed E-state index contributed by atoms with van der Waals surface area (Å²) in [5, 5.41) is 7.47. The molecule has 0 spiro atoms. The quantitative estimate of drug-likeness (QED) is 0.422. The first-order chi connectivity index (χ1) is 16.0. The Kier molecular flexibility index (Phi) is 6.60. The monoisotopic (exact) mass is 468 g/mol. The molecule has 0 saturated heterocycles. The number of carbonyl (C=O) groups is 1. The van der Waals surface area contributed by atoms with E-state index in [-0.39, 0.29) is 42.1 Å². The molecule has 0 aliphatic heterocycles. The van der Waals surface area contributed by atoms with Crippen molar-refractivity contribution in [1.82, 2.24) is 20.0 Å². The van der Waals surface area contributed by atoms with Gasteiger partial charge in [0.1, 0.15) is 28.9 Å². The average molecular weight is 469 g/mol. The van der Waals surface area contributed by atoms with Gasteiger partial charge in [0.15, 0.2) is 0 Å². The molecule has 0 saturated carbocycles. The maximum Gasteiger partial charge on any atom is 0.266 e. The smallest absolute Gasteiger partial charge is 0.266 e. The van der Waals surface area contributed by atoms with E-state index >= 15 is 0 Å². The van der Waals surface area contributed by atoms with Crippen LogP contribution in [0.25, 0.3) is 22.4 Å². The minimum absolute atomic E-state index is 0.0755. The molecule has 1 N–H and O–H groups in total. The van der Waals surface area contributed by atoms with Crippen molar-refractivity contribution in [2.45, 2.75) is 19.5 Å². The zero-order valence-corrected chi connectivity index (χ0v) is 18.8. The number of methoxy groups -OCH3 is 2. The normalized spacial score (nSPS) is 10.9. The summed E-state index contributed by atoms with van der Waals surface area (Å²) in [5.74, 6) is 1.07. The Labute approximate surface area is 193 Å². The third kappa shape index (κ3) is 4.68. The molecule has 0 aliphatic carbocycles. The van der Waals surface area contributed by atoms with Gasteiger partial charge in [0.2, 0.25) is 5.91 Å². The van der Waals surface area contributed by atoms with Gasteiger partial charge in [-0.3, -0.25) is 14.2 Å². The third-order valence-corrected chi connectivity index (χ3v) is 5.47. The van der Waals surface area contributed by atoms with Gasteiger partial charge in [-0.05, 0) is 24.3 Å². The molecule has 0 unspecified atom stereocenters. The maximum absolute atomic E-state index is 13.1. The predicted molar refractivity (Wildman–Crippen MR) is 123 cm³/mol. The Balaban J connectivity index is 1.48. The van der Waals surface area contributed by atoms with E-state index in [9.17, 15) is 9.59 Å². The number of nitrogens with zero attached hydrogens (tertiary/aromatic N) is 3. The van der Waals surface area contributed by atoms with Crippen molar-refractivity contribution in [1.29, 1.82) is 0 Å². The minimum atomic E-state index is -0.363. The van der Waals surface area contributed by atoms with Gasteiger partial charge < -0.3 is 19.3 Å². The van der Waals surface area contributed by atoms with Gasteiger partial charge in [0, 0.05) is 30.6 Å². The number of nitrogens with one attached hydrogen (secondary N) is 1. The van der Waals surface area contributed by atoms with E-state index in [1.54, 1.807) is 56.7 Å². The van der Waals surface area contributed by atoms with Crippen LogP contribution in [0.1, 0.15) is 12.0 Å². The summed E-state index contributed by atoms with van der Waals surface area (Å²) in [7, 11) is 3.13. The average Bonchev–Trinajstić information content (AvgIpc) is 3.27. The van der Waals surface area contributed by atoms with E-state index in [1.807, 2.05) is 0 Å². The molecule has 9 nitrogen and oxygen atoms in total. The highest BCUT2D eigenvalue weighted by molar-refractivity contribution is 6.33. The van der Waals surface area contributed by atoms with E-state index in [0.29, 0.717) is 27.8 Å². The first-order valence-electron chi connectivity index (χ1n) is 10.1. The van der Waals surface area contributed by atoms with Crippen molar-refractivity contribution in [2.75, 3.05) is 14.2 Å². The Bertz CT molecular complexity index is 1360. The van der Waals surface area contributed by atoms with Crippen molar-refractivity contribution in [3.63, 3.8) is 0 Å². The van der Waals surface area contributed by atoms with Crippen LogP contribution in [0, 0.1) is 0 Å². The van der Waals surface area contributed by atoms with Crippen LogP contribution in [-0.2, 0) is 17.9 Å². The molecule has 4 rings (SSSR count). The number of rotatable bonds is 8. The SMILES string of the molecule is COc1ccc(OC)c(CNC(=O)CCn2cnc3onc(-c4ccccc4Cl)c3c2=O)c1. The Hall–Kier alpha value is -3.85. The Morgan fingerprint density at radius 1 is 1.18 bits per heavy atom. The first kappa shape index (κ1) is 22.3. The van der Waals surface area contributed by atoms with Crippen molar-refractivity contribution < 1.29 is 18.8 Å². The van der Waals surface area contributed by atoms with Crippen molar-refractivity contribution in [2.24, 2.45) is 0 Å². The van der Waals surface area contributed by atoms with Crippen LogP contribution in [-0.4, -0.2) is 34.8 Å². The summed E-state index contributed by atoms with van der Waals surface area (Å²) >= 11 is 6.26. The highest BCUT2D eigenvalue weighted by Gasteiger charge is 2.19. The largest absolute Gasteiger partial charge is 0.497 e. The van der Waals surface area contributed by atoms with Crippen LogP contribution in [0.3, 0.4) is 0 Å². The van der Waals surface area contributed by atoms with Gasteiger partial charge in [0.05, 0.1) is 19.2 Å². The van der Waals surface area contributed by atoms with Crippen LogP contribution in [0.5, 0.6) is 11.5 Å². The van der Waals surface area contributed by atoms with Gasteiger partial charge in [-0.2, -0.15) is 0 Å². The number of hydrogen-bond acceptors (Lipinski definition) is 7. The van der Waals surface area contributed by atoms with E-state index in [0.717, 1.165) is 5.56 Å². The molecule has 1 amide bonds. The van der Waals surface area contributed by atoms with Gasteiger partial charge in [-0.1, -0.05) is 35.0 Å². The number of aryl methyl sites for hydroxylation is 1. The van der Waals surface area contributed by atoms with Gasteiger partial charge in [-0.15, -0.1) is 0 Å². The third-order valence-electron chi connectivity index (χ3n) is 5.14. The summed E-state index contributed by atoms with van der Waals surface area (Å²) in [4.78, 5) is 29.7. The number of aromatic nitrogens is 3. The lowest BCUT2D eigenvalue weighted by atomic mass is 10.1. The second-order valence-electron chi connectivity index (χ2n) is 7.14. The maximum atomic E-state index is 13.1. The Morgan fingerprint density at radius 3 is 2.76 bits per heavy atom. The lowest BCUT2D eigenvalue weighted by molar-refractivity contribution is -0.121. The molecule has 2 aromatic heterocycles. The fourth-order valence-electron chi connectivity index (χ4n) is 3.40. The second-order valence-corrected chi connectivity index (χ2v) is 7.55. The molecular weight excluding hydrogens is 448 g/mol. The van der Waals surface area contributed by atoms with Crippen LogP contribution in [0.2, 0.25) is 5.02 Å². The van der Waals surface area contributed by atoms with Gasteiger partial charge in [-0.25, -0.2) is 4.98 Å². The molecule has 2 heterocycles. The number of benzene rings is 2. The molecule has 0 fully saturated rings. The van der Waals surface area contributed by atoms with Crippen LogP contribution in [0.4, 0.5) is 0 Å². The van der Waals surface area contributed by atoms with E-state index in [1.165, 1.54) is 10.9 Å². The molecule has 0 aliphatic rings. The molecule has 0 bridgehead atoms. The highest BCUT2D eigenvalue weighted by atomic mass is 35.5. The summed E-state index contributed by atoms with van der Waals surface area (Å²) < 4.78 is 17.1. The number of carbonyl (C=O) groups excluding carboxylic acids is 1. The molecule has 0 radical (unpaired) electrons. The number of halogens is 1. The standard InChI is InChI=1S/C23H21ClN4O5/c1-31-15-7-8-18(32-2)14(11-15)12-25-19(29)9-10-28-13-26-22-20(23(28)30)21(27-33-22)16-5-3-4-6-17(16)24/h3-8,11,13H,9-10,12H2,1-2H3,(H,25,29). The van der Waals surface area contributed by atoms with Gasteiger partial charge >= 0.3 is 0 Å². The van der Waals surface area contributed by atoms with Crippen molar-refractivity contribution >= 4 is 28.6 Å². The molecule has 2 aromatic carbocycles. The summed E-state index contributed by atoms with van der Waals surface area (Å²) in [6.45, 7) is 0.393. The summed E-state index contributed by atoms with van der Waals surface area (Å²) in [6, 6.07) is 12.4. The second kappa shape index (κ2) is 9.74. The number of hydrogen-bond donors (Lipinski definition) is 1. The van der Waals surface area contributed by atoms with E-state index in [2.05, 4.69) is 15.5 Å². The van der Waals surface area contributed by atoms with E-state index < -0.39 is 0 Å². The fraction of sp³-hybridized carbons (Fsp3) is 0.217. The van der Waals surface area contributed by atoms with Gasteiger partial charge in [0.25, 0.3) is 11.3 Å². The molecule has 10 heteroatoms. The zero-order valence-electron chi connectivity index (χ0n) is 18.0. The fourth-order valence-corrected chi connectivity index (χ4v) is 3.63. The topological polar surface area (TPSA) is 108 Å². The highest BCUT2D eigenvalue weighted by Crippen LogP contribution is 2.30. The number of fused-ring (bicyclic) bond motifs is 1. The Morgan fingerprint density at radius 2 is 2.00 bits per heavy atom. The lowest BCUT2D eigenvalue weighted by Crippen LogP contribution is -2.27. The first-order valence-corrected chi connectivity index (χ1v) is 10.5. The molecule has 170 valence electrons. The van der Waals surface area contributed by atoms with Crippen molar-refractivity contribution in [3.05, 3.63) is 69.7 Å². The van der Waals surface area contributed by atoms with E-state index in [4.69, 9.17) is 25.6 Å². The summed E-state index contributed by atoms with van der Waals surface area (Å²) in [6.07, 6.45) is 1.41. The molecule has 33 heavy (non-hydrogen) atoms. The van der Waals surface area contributed by atoms with Crippen LogP contribution < -0.4 is 20.3 Å². The van der Waals surface area contributed by atoms with Crippen molar-refractivity contribution in [3.8, 4) is 22.8 Å². The lowest BCUT2D eigenvalue weighted by Gasteiger charge is -2.12. The summed E-state index contributed by atoms with van der Waals surface area (Å²) in [5.41, 5.74) is 1.41. The zero-order chi connectivity index (χ0) is 23.4. The predicted octanol–water partition coefficient (Wildman–Crippen LogP) is 3.43. The van der Waals surface area contributed by atoms with Crippen LogP contribution >= 0.6 is 11.6 Å². The number of amides is 1. The van der Waals surface area contributed by atoms with Crippen LogP contribution in [0.15, 0.2) is 58.1 Å². The number of ether oxygens (including phenoxy) is 2. The minimum Gasteiger partial charge on any atom is -0.497 e. The molecular formula is C23H21ClN4O5. The molecule has 0 atom stereocenters. The molecule has 4 aromatic rings.